The first-order chi connectivity index (χ1) is 10.2. The number of hydrogen-bond donors (Lipinski definition) is 2. The van der Waals surface area contributed by atoms with Crippen LogP contribution in [0.1, 0.15) is 15.9 Å². The van der Waals surface area contributed by atoms with E-state index >= 15 is 0 Å². The maximum atomic E-state index is 12.0. The third-order valence-electron chi connectivity index (χ3n) is 3.11. The fraction of sp³-hybridized carbons (Fsp3) is 0.0625. The minimum Gasteiger partial charge on any atom is -0.307 e. The minimum atomic E-state index is -0.178. The Morgan fingerprint density at radius 1 is 1.10 bits per heavy atom. The maximum Gasteiger partial charge on any atom is 0.256 e. The van der Waals surface area contributed by atoms with Crippen molar-refractivity contribution in [2.75, 3.05) is 5.32 Å². The molecule has 0 radical (unpaired) electrons. The van der Waals surface area contributed by atoms with Gasteiger partial charge in [-0.2, -0.15) is 5.10 Å². The first-order valence-electron chi connectivity index (χ1n) is 6.56. The summed E-state index contributed by atoms with van der Waals surface area (Å²) in [4.78, 5) is 16.4. The number of carbonyl (C=O) groups is 1. The summed E-state index contributed by atoms with van der Waals surface area (Å²) in [7, 11) is 0. The van der Waals surface area contributed by atoms with Gasteiger partial charge in [0.1, 0.15) is 5.82 Å². The second-order valence-electron chi connectivity index (χ2n) is 4.72. The molecule has 0 aliphatic heterocycles. The molecule has 2 aromatic heterocycles. The lowest BCUT2D eigenvalue weighted by molar-refractivity contribution is 0.102. The predicted octanol–water partition coefficient (Wildman–Crippen LogP) is 3.03. The summed E-state index contributed by atoms with van der Waals surface area (Å²) in [6.45, 7) is 2.03. The van der Waals surface area contributed by atoms with Crippen molar-refractivity contribution < 1.29 is 4.79 Å². The number of nitrogens with zero attached hydrogens (tertiary/aromatic N) is 2. The van der Waals surface area contributed by atoms with Crippen LogP contribution in [-0.4, -0.2) is 21.1 Å². The molecule has 2 N–H and O–H groups in total. The third-order valence-corrected chi connectivity index (χ3v) is 3.11. The topological polar surface area (TPSA) is 70.7 Å². The van der Waals surface area contributed by atoms with Crippen molar-refractivity contribution in [1.82, 2.24) is 15.2 Å². The number of carbonyl (C=O) groups excluding carboxylic acids is 1. The van der Waals surface area contributed by atoms with E-state index in [2.05, 4.69) is 20.5 Å². The zero-order valence-corrected chi connectivity index (χ0v) is 11.5. The van der Waals surface area contributed by atoms with E-state index < -0.39 is 0 Å². The highest BCUT2D eigenvalue weighted by Crippen LogP contribution is 2.18. The molecule has 5 heteroatoms. The lowest BCUT2D eigenvalue weighted by Gasteiger charge is -2.05. The van der Waals surface area contributed by atoms with Crippen LogP contribution in [-0.2, 0) is 0 Å². The van der Waals surface area contributed by atoms with Crippen molar-refractivity contribution in [2.45, 2.75) is 6.92 Å². The SMILES string of the molecule is Cc1ccnc(-c2ccc(C(=O)Nc3ccn[nH]3)cc2)c1. The van der Waals surface area contributed by atoms with Gasteiger partial charge in [-0.05, 0) is 36.8 Å². The second-order valence-corrected chi connectivity index (χ2v) is 4.72. The van der Waals surface area contributed by atoms with Crippen molar-refractivity contribution in [2.24, 2.45) is 0 Å². The molecule has 0 aliphatic carbocycles. The van der Waals surface area contributed by atoms with Crippen LogP contribution in [0.3, 0.4) is 0 Å². The summed E-state index contributed by atoms with van der Waals surface area (Å²) >= 11 is 0. The first-order valence-corrected chi connectivity index (χ1v) is 6.56. The van der Waals surface area contributed by atoms with Crippen LogP contribution in [0.4, 0.5) is 5.82 Å². The third kappa shape index (κ3) is 2.97. The van der Waals surface area contributed by atoms with Gasteiger partial charge in [-0.3, -0.25) is 14.9 Å². The Labute approximate surface area is 122 Å². The van der Waals surface area contributed by atoms with Crippen molar-refractivity contribution in [1.29, 1.82) is 0 Å². The molecule has 0 saturated carbocycles. The van der Waals surface area contributed by atoms with Crippen LogP contribution in [0.25, 0.3) is 11.3 Å². The Kier molecular flexibility index (Phi) is 3.47. The number of anilines is 1. The van der Waals surface area contributed by atoms with Gasteiger partial charge in [0, 0.05) is 23.4 Å². The van der Waals surface area contributed by atoms with Gasteiger partial charge in [0.15, 0.2) is 0 Å². The summed E-state index contributed by atoms with van der Waals surface area (Å²) < 4.78 is 0. The summed E-state index contributed by atoms with van der Waals surface area (Å²) in [6.07, 6.45) is 3.37. The molecule has 1 amide bonds. The minimum absolute atomic E-state index is 0.178. The summed E-state index contributed by atoms with van der Waals surface area (Å²) in [5, 5.41) is 9.21. The van der Waals surface area contributed by atoms with E-state index in [9.17, 15) is 4.79 Å². The highest BCUT2D eigenvalue weighted by molar-refractivity contribution is 6.03. The molecule has 5 nitrogen and oxygen atoms in total. The molecule has 0 aliphatic rings. The zero-order valence-electron chi connectivity index (χ0n) is 11.5. The molecule has 0 saturated heterocycles. The van der Waals surface area contributed by atoms with Crippen LogP contribution < -0.4 is 5.32 Å². The smallest absolute Gasteiger partial charge is 0.256 e. The molecular formula is C16H14N4O. The highest BCUT2D eigenvalue weighted by atomic mass is 16.1. The lowest BCUT2D eigenvalue weighted by atomic mass is 10.1. The molecule has 104 valence electrons. The molecule has 3 aromatic rings. The van der Waals surface area contributed by atoms with Crippen molar-refractivity contribution in [3.8, 4) is 11.3 Å². The van der Waals surface area contributed by atoms with Gasteiger partial charge in [-0.15, -0.1) is 0 Å². The second kappa shape index (κ2) is 5.58. The Bertz CT molecular complexity index is 748. The number of amides is 1. The van der Waals surface area contributed by atoms with Crippen molar-refractivity contribution in [3.05, 3.63) is 66.0 Å². The van der Waals surface area contributed by atoms with E-state index in [0.29, 0.717) is 11.4 Å². The number of aromatic nitrogens is 3. The molecule has 3 rings (SSSR count). The quantitative estimate of drug-likeness (QED) is 0.773. The van der Waals surface area contributed by atoms with Gasteiger partial charge in [0.2, 0.25) is 0 Å². The number of aromatic amines is 1. The van der Waals surface area contributed by atoms with Gasteiger partial charge in [0.05, 0.1) is 11.9 Å². The van der Waals surface area contributed by atoms with Crippen LogP contribution in [0.15, 0.2) is 54.9 Å². The van der Waals surface area contributed by atoms with Gasteiger partial charge >= 0.3 is 0 Å². The zero-order chi connectivity index (χ0) is 14.7. The summed E-state index contributed by atoms with van der Waals surface area (Å²) in [6, 6.07) is 13.0. The number of rotatable bonds is 3. The molecule has 0 spiro atoms. The Balaban J connectivity index is 1.79. The van der Waals surface area contributed by atoms with E-state index in [4.69, 9.17) is 0 Å². The fourth-order valence-electron chi connectivity index (χ4n) is 2.01. The average Bonchev–Trinajstić information content (AvgIpc) is 3.00. The van der Waals surface area contributed by atoms with E-state index in [1.165, 1.54) is 0 Å². The predicted molar refractivity (Wildman–Crippen MR) is 81.0 cm³/mol. The molecule has 0 bridgehead atoms. The largest absolute Gasteiger partial charge is 0.307 e. The normalized spacial score (nSPS) is 10.3. The highest BCUT2D eigenvalue weighted by Gasteiger charge is 2.07. The number of aryl methyl sites for hydroxylation is 1. The number of pyridine rings is 1. The molecule has 1 aromatic carbocycles. The Morgan fingerprint density at radius 3 is 2.57 bits per heavy atom. The average molecular weight is 278 g/mol. The number of benzene rings is 1. The van der Waals surface area contributed by atoms with E-state index in [0.717, 1.165) is 16.8 Å². The van der Waals surface area contributed by atoms with Crippen molar-refractivity contribution in [3.63, 3.8) is 0 Å². The van der Waals surface area contributed by atoms with E-state index in [1.807, 2.05) is 31.2 Å². The fourth-order valence-corrected chi connectivity index (χ4v) is 2.01. The number of H-pyrrole nitrogens is 1. The van der Waals surface area contributed by atoms with Crippen LogP contribution in [0.5, 0.6) is 0 Å². The van der Waals surface area contributed by atoms with Crippen molar-refractivity contribution >= 4 is 11.7 Å². The number of hydrogen-bond acceptors (Lipinski definition) is 3. The standard InChI is InChI=1S/C16H14N4O/c1-11-6-8-17-14(10-11)12-2-4-13(5-3-12)16(21)19-15-7-9-18-20-15/h2-10H,1H3,(H2,18,19,20,21). The van der Waals surface area contributed by atoms with Gasteiger partial charge in [-0.25, -0.2) is 0 Å². The molecule has 0 fully saturated rings. The monoisotopic (exact) mass is 278 g/mol. The Hall–Kier alpha value is -2.95. The molecule has 2 heterocycles. The van der Waals surface area contributed by atoms with Crippen LogP contribution >= 0.6 is 0 Å². The van der Waals surface area contributed by atoms with Gasteiger partial charge in [-0.1, -0.05) is 12.1 Å². The van der Waals surface area contributed by atoms with Crippen LogP contribution in [0.2, 0.25) is 0 Å². The maximum absolute atomic E-state index is 12.0. The number of nitrogens with one attached hydrogen (secondary N) is 2. The summed E-state index contributed by atoms with van der Waals surface area (Å²) in [5.74, 6) is 0.396. The molecular weight excluding hydrogens is 264 g/mol. The van der Waals surface area contributed by atoms with Gasteiger partial charge < -0.3 is 5.32 Å². The summed E-state index contributed by atoms with van der Waals surface area (Å²) in [5.41, 5.74) is 3.62. The first kappa shape index (κ1) is 13.1. The van der Waals surface area contributed by atoms with Crippen LogP contribution in [0, 0.1) is 6.92 Å². The molecule has 0 atom stereocenters. The molecule has 21 heavy (non-hydrogen) atoms. The molecule has 0 unspecified atom stereocenters. The van der Waals surface area contributed by atoms with Gasteiger partial charge in [0.25, 0.3) is 5.91 Å². The Morgan fingerprint density at radius 2 is 1.90 bits per heavy atom. The van der Waals surface area contributed by atoms with E-state index in [-0.39, 0.29) is 5.91 Å². The lowest BCUT2D eigenvalue weighted by Crippen LogP contribution is -2.11. The van der Waals surface area contributed by atoms with E-state index in [1.54, 1.807) is 30.6 Å².